The molecular weight excluding hydrogens is 358 g/mol. The van der Waals surface area contributed by atoms with Crippen LogP contribution in [0, 0.1) is 0 Å². The lowest BCUT2D eigenvalue weighted by Gasteiger charge is -2.13. The average Bonchev–Trinajstić information content (AvgIpc) is 2.69. The van der Waals surface area contributed by atoms with Crippen molar-refractivity contribution in [3.63, 3.8) is 0 Å². The summed E-state index contributed by atoms with van der Waals surface area (Å²) < 4.78 is 6.63. The SMILES string of the molecule is COCCCN1C(=O)/C(=C/c2ccc(Br)cc2)SC1=S. The zero-order chi connectivity index (χ0) is 14.5. The van der Waals surface area contributed by atoms with Crippen molar-refractivity contribution in [1.29, 1.82) is 0 Å². The molecule has 0 radical (unpaired) electrons. The van der Waals surface area contributed by atoms with Crippen molar-refractivity contribution in [2.75, 3.05) is 20.3 Å². The Morgan fingerprint density at radius 2 is 2.10 bits per heavy atom. The van der Waals surface area contributed by atoms with E-state index >= 15 is 0 Å². The molecule has 20 heavy (non-hydrogen) atoms. The molecule has 0 unspecified atom stereocenters. The molecule has 0 N–H and O–H groups in total. The molecular formula is C14H14BrNO2S2. The lowest BCUT2D eigenvalue weighted by atomic mass is 10.2. The van der Waals surface area contributed by atoms with Crippen molar-refractivity contribution in [2.24, 2.45) is 0 Å². The fourth-order valence-electron chi connectivity index (χ4n) is 1.77. The number of ether oxygens (including phenoxy) is 1. The maximum Gasteiger partial charge on any atom is 0.266 e. The van der Waals surface area contributed by atoms with Crippen LogP contribution in [0.15, 0.2) is 33.6 Å². The number of methoxy groups -OCH3 is 1. The van der Waals surface area contributed by atoms with Crippen LogP contribution >= 0.6 is 39.9 Å². The standard InChI is InChI=1S/C14H14BrNO2S2/c1-18-8-2-7-16-13(17)12(20-14(16)19)9-10-3-5-11(15)6-4-10/h3-6,9H,2,7-8H2,1H3/b12-9-. The number of halogens is 1. The van der Waals surface area contributed by atoms with Crippen molar-refractivity contribution in [1.82, 2.24) is 4.90 Å². The number of amides is 1. The topological polar surface area (TPSA) is 29.5 Å². The molecule has 1 aliphatic heterocycles. The highest BCUT2D eigenvalue weighted by atomic mass is 79.9. The minimum absolute atomic E-state index is 0.0148. The molecule has 0 atom stereocenters. The van der Waals surface area contributed by atoms with Gasteiger partial charge >= 0.3 is 0 Å². The Kier molecular flexibility index (Phi) is 5.77. The number of hydrogen-bond acceptors (Lipinski definition) is 4. The van der Waals surface area contributed by atoms with E-state index in [2.05, 4.69) is 15.9 Å². The van der Waals surface area contributed by atoms with Gasteiger partial charge in [-0.3, -0.25) is 9.69 Å². The summed E-state index contributed by atoms with van der Waals surface area (Å²) in [5, 5.41) is 0. The molecule has 0 aromatic heterocycles. The van der Waals surface area contributed by atoms with Crippen LogP contribution in [0.1, 0.15) is 12.0 Å². The zero-order valence-corrected chi connectivity index (χ0v) is 14.2. The Labute approximate surface area is 136 Å². The molecule has 1 saturated heterocycles. The van der Waals surface area contributed by atoms with Gasteiger partial charge in [0.15, 0.2) is 0 Å². The Morgan fingerprint density at radius 3 is 2.75 bits per heavy atom. The maximum absolute atomic E-state index is 12.3. The molecule has 3 nitrogen and oxygen atoms in total. The largest absolute Gasteiger partial charge is 0.385 e. The Bertz CT molecular complexity index is 543. The van der Waals surface area contributed by atoms with E-state index in [-0.39, 0.29) is 5.91 Å². The van der Waals surface area contributed by atoms with Gasteiger partial charge in [0.2, 0.25) is 0 Å². The predicted octanol–water partition coefficient (Wildman–Crippen LogP) is 3.69. The van der Waals surface area contributed by atoms with Gasteiger partial charge in [0.05, 0.1) is 4.91 Å². The Hall–Kier alpha value is -0.690. The van der Waals surface area contributed by atoms with Crippen LogP contribution in [0.4, 0.5) is 0 Å². The number of carbonyl (C=O) groups excluding carboxylic acids is 1. The second-order valence-electron chi connectivity index (χ2n) is 4.23. The summed E-state index contributed by atoms with van der Waals surface area (Å²) in [6, 6.07) is 7.82. The van der Waals surface area contributed by atoms with E-state index in [4.69, 9.17) is 17.0 Å². The van der Waals surface area contributed by atoms with Gasteiger partial charge < -0.3 is 4.74 Å². The molecule has 0 spiro atoms. The van der Waals surface area contributed by atoms with Gasteiger partial charge in [-0.1, -0.05) is 52.0 Å². The molecule has 0 bridgehead atoms. The fourth-order valence-corrected chi connectivity index (χ4v) is 3.34. The van der Waals surface area contributed by atoms with E-state index in [0.717, 1.165) is 16.5 Å². The van der Waals surface area contributed by atoms with Crippen molar-refractivity contribution in [2.45, 2.75) is 6.42 Å². The third-order valence-electron chi connectivity index (χ3n) is 2.77. The number of thioether (sulfide) groups is 1. The summed E-state index contributed by atoms with van der Waals surface area (Å²) in [4.78, 5) is 14.6. The van der Waals surface area contributed by atoms with Gasteiger partial charge in [-0.15, -0.1) is 0 Å². The van der Waals surface area contributed by atoms with Crippen LogP contribution < -0.4 is 0 Å². The van der Waals surface area contributed by atoms with E-state index in [9.17, 15) is 4.79 Å². The quantitative estimate of drug-likeness (QED) is 0.448. The summed E-state index contributed by atoms with van der Waals surface area (Å²) in [5.74, 6) is -0.0148. The normalized spacial score (nSPS) is 17.3. The van der Waals surface area contributed by atoms with Gasteiger partial charge in [0.25, 0.3) is 5.91 Å². The van der Waals surface area contributed by atoms with E-state index in [0.29, 0.717) is 22.4 Å². The summed E-state index contributed by atoms with van der Waals surface area (Å²) in [5.41, 5.74) is 0.991. The summed E-state index contributed by atoms with van der Waals surface area (Å²) in [6.45, 7) is 1.24. The fraction of sp³-hybridized carbons (Fsp3) is 0.286. The lowest BCUT2D eigenvalue weighted by molar-refractivity contribution is -0.122. The Morgan fingerprint density at radius 1 is 1.40 bits per heavy atom. The second kappa shape index (κ2) is 7.36. The molecule has 1 aliphatic rings. The molecule has 6 heteroatoms. The number of nitrogens with zero attached hydrogens (tertiary/aromatic N) is 1. The lowest BCUT2D eigenvalue weighted by Crippen LogP contribution is -2.29. The van der Waals surface area contributed by atoms with Crippen molar-refractivity contribution < 1.29 is 9.53 Å². The van der Waals surface area contributed by atoms with E-state index in [1.165, 1.54) is 11.8 Å². The van der Waals surface area contributed by atoms with E-state index < -0.39 is 0 Å². The van der Waals surface area contributed by atoms with Crippen molar-refractivity contribution in [3.8, 4) is 0 Å². The number of hydrogen-bond donors (Lipinski definition) is 0. The second-order valence-corrected chi connectivity index (χ2v) is 6.82. The summed E-state index contributed by atoms with van der Waals surface area (Å²) in [7, 11) is 1.65. The third-order valence-corrected chi connectivity index (χ3v) is 4.68. The first-order valence-corrected chi connectivity index (χ1v) is 8.13. The highest BCUT2D eigenvalue weighted by molar-refractivity contribution is 9.10. The highest BCUT2D eigenvalue weighted by Gasteiger charge is 2.31. The number of benzene rings is 1. The maximum atomic E-state index is 12.3. The van der Waals surface area contributed by atoms with Crippen molar-refractivity contribution in [3.05, 3.63) is 39.2 Å². The molecule has 1 aromatic carbocycles. The molecule has 1 fully saturated rings. The van der Waals surface area contributed by atoms with Crippen molar-refractivity contribution >= 4 is 56.2 Å². The van der Waals surface area contributed by atoms with Gasteiger partial charge in [-0.2, -0.15) is 0 Å². The van der Waals surface area contributed by atoms with Crippen LogP contribution in [0.25, 0.3) is 6.08 Å². The van der Waals surface area contributed by atoms with E-state index in [1.807, 2.05) is 30.3 Å². The van der Waals surface area contributed by atoms with Gasteiger partial charge in [0, 0.05) is 24.7 Å². The number of thiocarbonyl (C=S) groups is 1. The van der Waals surface area contributed by atoms with Crippen LogP contribution in [0.5, 0.6) is 0 Å². The molecule has 1 heterocycles. The first-order chi connectivity index (χ1) is 9.61. The van der Waals surface area contributed by atoms with Crippen LogP contribution in [0.3, 0.4) is 0 Å². The average molecular weight is 372 g/mol. The molecule has 106 valence electrons. The first-order valence-electron chi connectivity index (χ1n) is 6.11. The highest BCUT2D eigenvalue weighted by Crippen LogP contribution is 2.32. The van der Waals surface area contributed by atoms with Crippen LogP contribution in [0.2, 0.25) is 0 Å². The van der Waals surface area contributed by atoms with Gasteiger partial charge in [-0.05, 0) is 30.2 Å². The third kappa shape index (κ3) is 3.91. The van der Waals surface area contributed by atoms with Gasteiger partial charge in [0.1, 0.15) is 4.32 Å². The summed E-state index contributed by atoms with van der Waals surface area (Å²) in [6.07, 6.45) is 2.66. The summed E-state index contributed by atoms with van der Waals surface area (Å²) >= 11 is 10.0. The molecule has 2 rings (SSSR count). The molecule has 0 saturated carbocycles. The molecule has 0 aliphatic carbocycles. The van der Waals surface area contributed by atoms with E-state index in [1.54, 1.807) is 12.0 Å². The Balaban J connectivity index is 2.09. The van der Waals surface area contributed by atoms with Crippen LogP contribution in [-0.4, -0.2) is 35.4 Å². The minimum atomic E-state index is -0.0148. The molecule has 1 aromatic rings. The van der Waals surface area contributed by atoms with Crippen LogP contribution in [-0.2, 0) is 9.53 Å². The minimum Gasteiger partial charge on any atom is -0.385 e. The smallest absolute Gasteiger partial charge is 0.266 e. The predicted molar refractivity (Wildman–Crippen MR) is 90.5 cm³/mol. The van der Waals surface area contributed by atoms with Gasteiger partial charge in [-0.25, -0.2) is 0 Å². The molecule has 1 amide bonds. The monoisotopic (exact) mass is 371 g/mol. The first kappa shape index (κ1) is 15.7. The zero-order valence-electron chi connectivity index (χ0n) is 11.0. The number of rotatable bonds is 5. The number of carbonyl (C=O) groups is 1.